The Morgan fingerprint density at radius 1 is 1.09 bits per heavy atom. The third-order valence-electron chi connectivity index (χ3n) is 4.84. The molecule has 9 nitrogen and oxygen atoms in total. The first-order valence-electron chi connectivity index (χ1n) is 10.7. The first kappa shape index (κ1) is 23.8. The molecule has 0 atom stereocenters. The molecule has 0 saturated heterocycles. The second kappa shape index (κ2) is 10.7. The molecule has 0 unspecified atom stereocenters. The quantitative estimate of drug-likeness (QED) is 0.364. The number of fused-ring (bicyclic) bond motifs is 1. The van der Waals surface area contributed by atoms with E-state index in [4.69, 9.17) is 21.1 Å². The maximum absolute atomic E-state index is 12.7. The second-order valence-electron chi connectivity index (χ2n) is 7.30. The molecule has 0 aliphatic heterocycles. The number of hydrogen-bond donors (Lipinski definition) is 2. The summed E-state index contributed by atoms with van der Waals surface area (Å²) in [7, 11) is 0. The minimum atomic E-state index is -0.675. The van der Waals surface area contributed by atoms with Crippen LogP contribution in [0.15, 0.2) is 81.4 Å². The standard InChI is InChI=1S/C25H21ClN4O5/c1-2-34-21-13-16(14-27-30-24(32)18-10-6-7-11-20(18)29-25(30)33)12-19(26)23(21)35-15-22(31)28-17-8-4-3-5-9-17/h3-14H,2,15H2,1H3,(H,28,31)(H,29,33). The number of hydrogen-bond acceptors (Lipinski definition) is 6. The summed E-state index contributed by atoms with van der Waals surface area (Å²) in [6, 6.07) is 18.7. The Kier molecular flexibility index (Phi) is 7.27. The summed E-state index contributed by atoms with van der Waals surface area (Å²) in [5.41, 5.74) is 0.293. The lowest BCUT2D eigenvalue weighted by Crippen LogP contribution is -2.32. The number of para-hydroxylation sites is 2. The Morgan fingerprint density at radius 3 is 2.60 bits per heavy atom. The molecule has 0 bridgehead atoms. The van der Waals surface area contributed by atoms with Crippen LogP contribution >= 0.6 is 11.6 Å². The number of nitrogens with zero attached hydrogens (tertiary/aromatic N) is 2. The summed E-state index contributed by atoms with van der Waals surface area (Å²) >= 11 is 6.40. The van der Waals surface area contributed by atoms with Crippen molar-refractivity contribution in [1.82, 2.24) is 9.66 Å². The van der Waals surface area contributed by atoms with Crippen LogP contribution in [0.1, 0.15) is 12.5 Å². The molecule has 0 spiro atoms. The van der Waals surface area contributed by atoms with Gasteiger partial charge in [-0.15, -0.1) is 4.68 Å². The van der Waals surface area contributed by atoms with Crippen LogP contribution in [0.5, 0.6) is 11.5 Å². The van der Waals surface area contributed by atoms with Crippen molar-refractivity contribution in [3.63, 3.8) is 0 Å². The number of nitrogens with one attached hydrogen (secondary N) is 2. The number of benzene rings is 3. The summed E-state index contributed by atoms with van der Waals surface area (Å²) in [5.74, 6) is 0.110. The van der Waals surface area contributed by atoms with Gasteiger partial charge in [0.15, 0.2) is 18.1 Å². The predicted molar refractivity (Wildman–Crippen MR) is 135 cm³/mol. The van der Waals surface area contributed by atoms with Gasteiger partial charge in [0.25, 0.3) is 11.5 Å². The molecule has 1 aromatic heterocycles. The minimum Gasteiger partial charge on any atom is -0.490 e. The zero-order chi connectivity index (χ0) is 24.8. The molecule has 4 aromatic rings. The van der Waals surface area contributed by atoms with Gasteiger partial charge < -0.3 is 19.8 Å². The molecule has 0 saturated carbocycles. The van der Waals surface area contributed by atoms with E-state index < -0.39 is 11.2 Å². The van der Waals surface area contributed by atoms with E-state index in [0.717, 1.165) is 4.68 Å². The van der Waals surface area contributed by atoms with E-state index in [1.165, 1.54) is 12.3 Å². The van der Waals surface area contributed by atoms with Crippen molar-refractivity contribution in [2.24, 2.45) is 5.10 Å². The SMILES string of the molecule is CCOc1cc(C=Nn2c(=O)[nH]c3ccccc3c2=O)cc(Cl)c1OCC(=O)Nc1ccccc1. The fraction of sp³-hybridized carbons (Fsp3) is 0.120. The summed E-state index contributed by atoms with van der Waals surface area (Å²) in [6.45, 7) is 1.81. The Morgan fingerprint density at radius 2 is 1.83 bits per heavy atom. The zero-order valence-corrected chi connectivity index (χ0v) is 19.4. The van der Waals surface area contributed by atoms with Gasteiger partial charge in [-0.2, -0.15) is 5.10 Å². The van der Waals surface area contributed by atoms with Crippen LogP contribution in [0.3, 0.4) is 0 Å². The number of halogens is 1. The van der Waals surface area contributed by atoms with E-state index in [9.17, 15) is 14.4 Å². The molecule has 0 aliphatic carbocycles. The van der Waals surface area contributed by atoms with E-state index in [2.05, 4.69) is 15.4 Å². The summed E-state index contributed by atoms with van der Waals surface area (Å²) in [5, 5.41) is 7.26. The molecule has 0 fully saturated rings. The smallest absolute Gasteiger partial charge is 0.349 e. The molecule has 10 heteroatoms. The van der Waals surface area contributed by atoms with Gasteiger partial charge in [-0.05, 0) is 48.9 Å². The average molecular weight is 493 g/mol. The lowest BCUT2D eigenvalue weighted by atomic mass is 10.2. The molecular formula is C25H21ClN4O5. The van der Waals surface area contributed by atoms with Gasteiger partial charge in [-0.25, -0.2) is 4.79 Å². The number of H-pyrrole nitrogens is 1. The van der Waals surface area contributed by atoms with Gasteiger partial charge in [-0.1, -0.05) is 41.9 Å². The van der Waals surface area contributed by atoms with E-state index in [1.54, 1.807) is 61.5 Å². The number of aromatic nitrogens is 2. The van der Waals surface area contributed by atoms with Gasteiger partial charge in [0.05, 0.1) is 28.7 Å². The van der Waals surface area contributed by atoms with Crippen molar-refractivity contribution in [2.75, 3.05) is 18.5 Å². The maximum Gasteiger partial charge on any atom is 0.349 e. The van der Waals surface area contributed by atoms with Crippen LogP contribution in [0.2, 0.25) is 5.02 Å². The topological polar surface area (TPSA) is 115 Å². The van der Waals surface area contributed by atoms with Crippen molar-refractivity contribution < 1.29 is 14.3 Å². The molecule has 1 heterocycles. The summed E-state index contributed by atoms with van der Waals surface area (Å²) in [6.07, 6.45) is 1.31. The molecule has 2 N–H and O–H groups in total. The van der Waals surface area contributed by atoms with Crippen LogP contribution in [-0.4, -0.2) is 35.0 Å². The van der Waals surface area contributed by atoms with Crippen molar-refractivity contribution >= 4 is 40.3 Å². The Balaban J connectivity index is 1.57. The molecule has 1 amide bonds. The van der Waals surface area contributed by atoms with Gasteiger partial charge in [0, 0.05) is 5.69 Å². The van der Waals surface area contributed by atoms with E-state index in [0.29, 0.717) is 28.8 Å². The molecule has 35 heavy (non-hydrogen) atoms. The van der Waals surface area contributed by atoms with Crippen LogP contribution in [-0.2, 0) is 4.79 Å². The van der Waals surface area contributed by atoms with E-state index in [1.807, 2.05) is 6.07 Å². The second-order valence-corrected chi connectivity index (χ2v) is 7.71. The Hall–Kier alpha value is -4.37. The average Bonchev–Trinajstić information content (AvgIpc) is 2.84. The number of amides is 1. The number of anilines is 1. The highest BCUT2D eigenvalue weighted by atomic mass is 35.5. The number of rotatable bonds is 8. The Labute approximate surface area is 204 Å². The number of carbonyl (C=O) groups excluding carboxylic acids is 1. The fourth-order valence-corrected chi connectivity index (χ4v) is 3.58. The largest absolute Gasteiger partial charge is 0.490 e. The molecule has 0 radical (unpaired) electrons. The molecular weight excluding hydrogens is 472 g/mol. The fourth-order valence-electron chi connectivity index (χ4n) is 3.30. The monoisotopic (exact) mass is 492 g/mol. The zero-order valence-electron chi connectivity index (χ0n) is 18.7. The van der Waals surface area contributed by atoms with Crippen LogP contribution in [0.25, 0.3) is 10.9 Å². The first-order chi connectivity index (χ1) is 17.0. The van der Waals surface area contributed by atoms with Crippen LogP contribution < -0.4 is 26.0 Å². The van der Waals surface area contributed by atoms with Gasteiger partial charge in [-0.3, -0.25) is 9.59 Å². The maximum atomic E-state index is 12.7. The van der Waals surface area contributed by atoms with Crippen molar-refractivity contribution in [3.05, 3.63) is 98.2 Å². The highest BCUT2D eigenvalue weighted by molar-refractivity contribution is 6.32. The predicted octanol–water partition coefficient (Wildman–Crippen LogP) is 3.64. The van der Waals surface area contributed by atoms with Gasteiger partial charge in [0.1, 0.15) is 0 Å². The Bertz CT molecular complexity index is 1510. The van der Waals surface area contributed by atoms with Crippen molar-refractivity contribution in [1.29, 1.82) is 0 Å². The molecule has 4 rings (SSSR count). The van der Waals surface area contributed by atoms with Crippen LogP contribution in [0, 0.1) is 0 Å². The highest BCUT2D eigenvalue weighted by Crippen LogP contribution is 2.36. The summed E-state index contributed by atoms with van der Waals surface area (Å²) in [4.78, 5) is 39.9. The first-order valence-corrected chi connectivity index (χ1v) is 11.1. The van der Waals surface area contributed by atoms with Gasteiger partial charge in [0.2, 0.25) is 0 Å². The highest BCUT2D eigenvalue weighted by Gasteiger charge is 2.15. The van der Waals surface area contributed by atoms with Crippen molar-refractivity contribution in [2.45, 2.75) is 6.92 Å². The lowest BCUT2D eigenvalue weighted by Gasteiger charge is -2.14. The third-order valence-corrected chi connectivity index (χ3v) is 5.12. The molecule has 0 aliphatic rings. The molecule has 178 valence electrons. The van der Waals surface area contributed by atoms with Crippen molar-refractivity contribution in [3.8, 4) is 11.5 Å². The lowest BCUT2D eigenvalue weighted by molar-refractivity contribution is -0.118. The van der Waals surface area contributed by atoms with E-state index in [-0.39, 0.29) is 29.0 Å². The number of ether oxygens (including phenoxy) is 2. The molecule has 3 aromatic carbocycles. The number of carbonyl (C=O) groups is 1. The van der Waals surface area contributed by atoms with Gasteiger partial charge >= 0.3 is 5.69 Å². The third kappa shape index (κ3) is 5.59. The number of aromatic amines is 1. The summed E-state index contributed by atoms with van der Waals surface area (Å²) < 4.78 is 12.0. The van der Waals surface area contributed by atoms with E-state index >= 15 is 0 Å². The van der Waals surface area contributed by atoms with Crippen LogP contribution in [0.4, 0.5) is 5.69 Å². The minimum absolute atomic E-state index is 0.171. The normalized spacial score (nSPS) is 11.0.